The van der Waals surface area contributed by atoms with Crippen LogP contribution in [-0.2, 0) is 9.59 Å². The molecule has 3 aromatic rings. The highest BCUT2D eigenvalue weighted by molar-refractivity contribution is 7.14. The van der Waals surface area contributed by atoms with Crippen LogP contribution < -0.4 is 4.90 Å². The molecular formula is C23H22N4O2S. The molecule has 2 amide bonds. The van der Waals surface area contributed by atoms with Crippen LogP contribution in [0.5, 0.6) is 0 Å². The second-order valence-electron chi connectivity index (χ2n) is 7.02. The van der Waals surface area contributed by atoms with Gasteiger partial charge in [-0.3, -0.25) is 14.5 Å². The van der Waals surface area contributed by atoms with E-state index in [0.717, 1.165) is 29.1 Å². The fraction of sp³-hybridized carbons (Fsp3) is 0.217. The molecule has 0 saturated carbocycles. The number of nitrogens with zero attached hydrogens (tertiary/aromatic N) is 4. The molecule has 1 aliphatic rings. The van der Waals surface area contributed by atoms with Gasteiger partial charge in [-0.15, -0.1) is 11.3 Å². The van der Waals surface area contributed by atoms with Crippen LogP contribution in [-0.4, -0.2) is 34.1 Å². The predicted molar refractivity (Wildman–Crippen MR) is 119 cm³/mol. The summed E-state index contributed by atoms with van der Waals surface area (Å²) in [4.78, 5) is 31.8. The van der Waals surface area contributed by atoms with Crippen molar-refractivity contribution in [3.63, 3.8) is 0 Å². The molecule has 1 aromatic heterocycles. The van der Waals surface area contributed by atoms with Crippen LogP contribution in [0.3, 0.4) is 0 Å². The summed E-state index contributed by atoms with van der Waals surface area (Å²) in [5.41, 5.74) is 3.53. The first-order valence-corrected chi connectivity index (χ1v) is 10.7. The topological polar surface area (TPSA) is 65.9 Å². The number of thiazole rings is 1. The van der Waals surface area contributed by atoms with Crippen LogP contribution in [0.15, 0.2) is 71.1 Å². The second kappa shape index (κ2) is 9.00. The lowest BCUT2D eigenvalue weighted by atomic mass is 10.1. The van der Waals surface area contributed by atoms with Gasteiger partial charge in [0.25, 0.3) is 0 Å². The summed E-state index contributed by atoms with van der Waals surface area (Å²) in [6, 6.07) is 19.2. The van der Waals surface area contributed by atoms with E-state index >= 15 is 0 Å². The first-order chi connectivity index (χ1) is 14.6. The van der Waals surface area contributed by atoms with Gasteiger partial charge in [-0.2, -0.15) is 5.10 Å². The number of carbonyl (C=O) groups is 2. The molecule has 0 aliphatic carbocycles. The third kappa shape index (κ3) is 4.46. The highest BCUT2D eigenvalue weighted by Crippen LogP contribution is 2.29. The van der Waals surface area contributed by atoms with Gasteiger partial charge in [-0.25, -0.2) is 9.99 Å². The average Bonchev–Trinajstić information content (AvgIpc) is 3.43. The molecule has 0 atom stereocenters. The standard InChI is InChI=1S/C23H22N4O2S/c1-17-16-30-23(24-17)27(19-10-6-3-7-11-19)22(29)13-12-21(28)26-15-14-20(25-26)18-8-4-2-5-9-18/h2-11,16H,12-15H2,1H3. The lowest BCUT2D eigenvalue weighted by Crippen LogP contribution is -2.29. The van der Waals surface area contributed by atoms with Gasteiger partial charge in [0.1, 0.15) is 0 Å². The molecule has 4 rings (SSSR count). The zero-order valence-corrected chi connectivity index (χ0v) is 17.5. The van der Waals surface area contributed by atoms with Crippen molar-refractivity contribution in [2.75, 3.05) is 11.4 Å². The SMILES string of the molecule is Cc1csc(N(C(=O)CCC(=O)N2CCC(c3ccccc3)=N2)c2ccccc2)n1. The van der Waals surface area contributed by atoms with Crippen LogP contribution in [0.25, 0.3) is 0 Å². The number of rotatable bonds is 6. The maximum Gasteiger partial charge on any atom is 0.243 e. The second-order valence-corrected chi connectivity index (χ2v) is 7.85. The Kier molecular flexibility index (Phi) is 5.99. The lowest BCUT2D eigenvalue weighted by Gasteiger charge is -2.20. The van der Waals surface area contributed by atoms with Gasteiger partial charge in [0.15, 0.2) is 5.13 Å². The van der Waals surface area contributed by atoms with Crippen molar-refractivity contribution in [2.24, 2.45) is 5.10 Å². The number of hydrazone groups is 1. The molecule has 0 bridgehead atoms. The van der Waals surface area contributed by atoms with E-state index in [4.69, 9.17) is 0 Å². The fourth-order valence-corrected chi connectivity index (χ4v) is 4.15. The number of hydrogen-bond acceptors (Lipinski definition) is 5. The minimum atomic E-state index is -0.157. The summed E-state index contributed by atoms with van der Waals surface area (Å²) in [7, 11) is 0. The summed E-state index contributed by atoms with van der Waals surface area (Å²) in [6.45, 7) is 2.44. The van der Waals surface area contributed by atoms with Crippen LogP contribution in [0, 0.1) is 6.92 Å². The zero-order valence-electron chi connectivity index (χ0n) is 16.7. The number of amides is 2. The van der Waals surface area contributed by atoms with Crippen molar-refractivity contribution < 1.29 is 9.59 Å². The van der Waals surface area contributed by atoms with Crippen molar-refractivity contribution in [3.8, 4) is 0 Å². The van der Waals surface area contributed by atoms with E-state index in [1.807, 2.05) is 73.0 Å². The molecular weight excluding hydrogens is 396 g/mol. The summed E-state index contributed by atoms with van der Waals surface area (Å²) in [6.07, 6.45) is 0.926. The molecule has 1 aliphatic heterocycles. The summed E-state index contributed by atoms with van der Waals surface area (Å²) >= 11 is 1.42. The largest absolute Gasteiger partial charge is 0.274 e. The van der Waals surface area contributed by atoms with Crippen molar-refractivity contribution in [2.45, 2.75) is 26.2 Å². The molecule has 2 aromatic carbocycles. The maximum absolute atomic E-state index is 13.0. The first kappa shape index (κ1) is 20.0. The Bertz CT molecular complexity index is 1060. The Balaban J connectivity index is 1.44. The molecule has 0 spiro atoms. The molecule has 0 radical (unpaired) electrons. The molecule has 30 heavy (non-hydrogen) atoms. The first-order valence-electron chi connectivity index (χ1n) is 9.85. The number of aromatic nitrogens is 1. The predicted octanol–water partition coefficient (Wildman–Crippen LogP) is 4.53. The van der Waals surface area contributed by atoms with Gasteiger partial charge >= 0.3 is 0 Å². The van der Waals surface area contributed by atoms with E-state index in [9.17, 15) is 9.59 Å². The van der Waals surface area contributed by atoms with E-state index < -0.39 is 0 Å². The Morgan fingerprint density at radius 2 is 1.73 bits per heavy atom. The number of carbonyl (C=O) groups excluding carboxylic acids is 2. The Hall–Kier alpha value is -3.32. The third-order valence-electron chi connectivity index (χ3n) is 4.81. The molecule has 152 valence electrons. The van der Waals surface area contributed by atoms with E-state index in [0.29, 0.717) is 11.7 Å². The van der Waals surface area contributed by atoms with Gasteiger partial charge in [-0.05, 0) is 24.6 Å². The monoisotopic (exact) mass is 418 g/mol. The maximum atomic E-state index is 13.0. The Morgan fingerprint density at radius 1 is 1.03 bits per heavy atom. The minimum absolute atomic E-state index is 0.0963. The fourth-order valence-electron chi connectivity index (χ4n) is 3.31. The Labute approximate surface area is 179 Å². The Morgan fingerprint density at radius 3 is 2.40 bits per heavy atom. The van der Waals surface area contributed by atoms with Gasteiger partial charge in [0.2, 0.25) is 11.8 Å². The van der Waals surface area contributed by atoms with Crippen LogP contribution >= 0.6 is 11.3 Å². The number of aryl methyl sites for hydroxylation is 1. The number of hydrogen-bond donors (Lipinski definition) is 0. The summed E-state index contributed by atoms with van der Waals surface area (Å²) in [5.74, 6) is -0.298. The molecule has 0 fully saturated rings. The third-order valence-corrected chi connectivity index (χ3v) is 5.76. The quantitative estimate of drug-likeness (QED) is 0.591. The van der Waals surface area contributed by atoms with Gasteiger partial charge in [-0.1, -0.05) is 48.5 Å². The molecule has 0 N–H and O–H groups in total. The van der Waals surface area contributed by atoms with Crippen LogP contribution in [0.1, 0.15) is 30.5 Å². The zero-order chi connectivity index (χ0) is 20.9. The molecule has 2 heterocycles. The summed E-state index contributed by atoms with van der Waals surface area (Å²) < 4.78 is 0. The minimum Gasteiger partial charge on any atom is -0.274 e. The van der Waals surface area contributed by atoms with Gasteiger partial charge < -0.3 is 0 Å². The summed E-state index contributed by atoms with van der Waals surface area (Å²) in [5, 5.41) is 8.47. The van der Waals surface area contributed by atoms with Crippen molar-refractivity contribution in [1.82, 2.24) is 9.99 Å². The molecule has 6 nitrogen and oxygen atoms in total. The number of anilines is 2. The van der Waals surface area contributed by atoms with Crippen molar-refractivity contribution in [3.05, 3.63) is 77.3 Å². The smallest absolute Gasteiger partial charge is 0.243 e. The number of para-hydroxylation sites is 1. The molecule has 0 unspecified atom stereocenters. The average molecular weight is 419 g/mol. The van der Waals surface area contributed by atoms with E-state index in [-0.39, 0.29) is 24.7 Å². The van der Waals surface area contributed by atoms with Gasteiger partial charge in [0, 0.05) is 24.6 Å². The van der Waals surface area contributed by atoms with E-state index in [1.54, 1.807) is 4.90 Å². The van der Waals surface area contributed by atoms with E-state index in [1.165, 1.54) is 16.3 Å². The van der Waals surface area contributed by atoms with Gasteiger partial charge in [0.05, 0.1) is 23.6 Å². The van der Waals surface area contributed by atoms with Crippen molar-refractivity contribution in [1.29, 1.82) is 0 Å². The molecule has 0 saturated heterocycles. The number of benzene rings is 2. The highest BCUT2D eigenvalue weighted by atomic mass is 32.1. The normalized spacial score (nSPS) is 13.2. The lowest BCUT2D eigenvalue weighted by molar-refractivity contribution is -0.132. The van der Waals surface area contributed by atoms with Crippen LogP contribution in [0.2, 0.25) is 0 Å². The van der Waals surface area contributed by atoms with Crippen LogP contribution in [0.4, 0.5) is 10.8 Å². The molecule has 7 heteroatoms. The highest BCUT2D eigenvalue weighted by Gasteiger charge is 2.25. The van der Waals surface area contributed by atoms with E-state index in [2.05, 4.69) is 10.1 Å². The van der Waals surface area contributed by atoms with Crippen molar-refractivity contribution >= 4 is 39.7 Å².